The summed E-state index contributed by atoms with van der Waals surface area (Å²) in [5.74, 6) is -0.402. The van der Waals surface area contributed by atoms with Crippen molar-refractivity contribution in [2.75, 3.05) is 14.1 Å². The summed E-state index contributed by atoms with van der Waals surface area (Å²) in [4.78, 5) is 13.2. The molecule has 6 heteroatoms. The Hall–Kier alpha value is -0.585. The van der Waals surface area contributed by atoms with Crippen molar-refractivity contribution in [2.24, 2.45) is 11.8 Å². The van der Waals surface area contributed by atoms with Crippen LogP contribution in [0, 0.1) is 11.8 Å². The van der Waals surface area contributed by atoms with E-state index in [9.17, 15) is 4.79 Å². The summed E-state index contributed by atoms with van der Waals surface area (Å²) in [6.07, 6.45) is 4.61. The molecule has 19 heavy (non-hydrogen) atoms. The van der Waals surface area contributed by atoms with Crippen molar-refractivity contribution >= 4 is 13.1 Å². The molecule has 5 nitrogen and oxygen atoms in total. The molecule has 1 saturated carbocycles. The average Bonchev–Trinajstić information content (AvgIpc) is 2.38. The van der Waals surface area contributed by atoms with Gasteiger partial charge < -0.3 is 20.1 Å². The molecule has 3 atom stereocenters. The molecular formula is C13H28BNO4. The Balaban J connectivity index is 0.000000555. The second-order valence-electron chi connectivity index (χ2n) is 5.49. The third-order valence-corrected chi connectivity index (χ3v) is 3.94. The van der Waals surface area contributed by atoms with Crippen LogP contribution in [-0.4, -0.2) is 53.3 Å². The molecule has 1 aliphatic rings. The lowest BCUT2D eigenvalue weighted by molar-refractivity contribution is -0.145. The molecule has 112 valence electrons. The van der Waals surface area contributed by atoms with Crippen molar-refractivity contribution in [1.29, 1.82) is 0 Å². The number of carboxylic acids is 1. The van der Waals surface area contributed by atoms with Crippen LogP contribution in [-0.2, 0) is 4.79 Å². The number of nitrogens with zero attached hydrogens (tertiary/aromatic N) is 1. The van der Waals surface area contributed by atoms with Crippen LogP contribution in [0.4, 0.5) is 0 Å². The summed E-state index contributed by atoms with van der Waals surface area (Å²) in [6.45, 7) is 3.83. The fourth-order valence-corrected chi connectivity index (χ4v) is 2.43. The molecule has 3 unspecified atom stereocenters. The van der Waals surface area contributed by atoms with Crippen LogP contribution in [0.15, 0.2) is 0 Å². The van der Waals surface area contributed by atoms with Gasteiger partial charge in [0.25, 0.3) is 0 Å². The van der Waals surface area contributed by atoms with Crippen molar-refractivity contribution in [2.45, 2.75) is 51.9 Å². The molecule has 0 bridgehead atoms. The number of hydrogen-bond donors (Lipinski definition) is 3. The second-order valence-corrected chi connectivity index (χ2v) is 5.49. The van der Waals surface area contributed by atoms with Crippen molar-refractivity contribution in [3.05, 3.63) is 0 Å². The molecule has 0 amide bonds. The highest BCUT2D eigenvalue weighted by atomic mass is 16.4. The van der Waals surface area contributed by atoms with Crippen LogP contribution in [0.1, 0.15) is 39.5 Å². The lowest BCUT2D eigenvalue weighted by Crippen LogP contribution is -2.41. The molecule has 0 aromatic heterocycles. The molecule has 0 aliphatic heterocycles. The van der Waals surface area contributed by atoms with E-state index < -0.39 is 13.1 Å². The van der Waals surface area contributed by atoms with Gasteiger partial charge in [-0.05, 0) is 46.1 Å². The maximum Gasteiger partial charge on any atom is 0.451 e. The lowest BCUT2D eigenvalue weighted by Gasteiger charge is -2.36. The largest absolute Gasteiger partial charge is 0.481 e. The zero-order valence-electron chi connectivity index (χ0n) is 12.5. The Morgan fingerprint density at radius 3 is 2.16 bits per heavy atom. The zero-order valence-corrected chi connectivity index (χ0v) is 12.5. The van der Waals surface area contributed by atoms with E-state index in [1.807, 2.05) is 14.1 Å². The Labute approximate surface area is 116 Å². The van der Waals surface area contributed by atoms with Crippen LogP contribution in [0.3, 0.4) is 0 Å². The van der Waals surface area contributed by atoms with Crippen LogP contribution >= 0.6 is 0 Å². The minimum absolute atomic E-state index is 0.124. The van der Waals surface area contributed by atoms with Gasteiger partial charge in [0, 0.05) is 6.04 Å². The fourth-order valence-electron chi connectivity index (χ4n) is 2.43. The monoisotopic (exact) mass is 273 g/mol. The predicted molar refractivity (Wildman–Crippen MR) is 76.9 cm³/mol. The molecule has 0 radical (unpaired) electrons. The van der Waals surface area contributed by atoms with E-state index in [4.69, 9.17) is 15.2 Å². The average molecular weight is 273 g/mol. The predicted octanol–water partition coefficient (Wildman–Crippen LogP) is 1.31. The number of carboxylic acid groups (broad SMARTS) is 1. The summed E-state index contributed by atoms with van der Waals surface area (Å²) in [5.41, 5.74) is 0. The molecule has 1 fully saturated rings. The normalized spacial score (nSPS) is 24.4. The van der Waals surface area contributed by atoms with Crippen LogP contribution in [0.25, 0.3) is 0 Å². The minimum Gasteiger partial charge on any atom is -0.481 e. The highest BCUT2D eigenvalue weighted by molar-refractivity contribution is 6.40. The molecular weight excluding hydrogens is 245 g/mol. The third-order valence-electron chi connectivity index (χ3n) is 3.94. The molecule has 0 aromatic rings. The first-order chi connectivity index (χ1) is 8.81. The van der Waals surface area contributed by atoms with Gasteiger partial charge in [-0.3, -0.25) is 4.79 Å². The van der Waals surface area contributed by atoms with E-state index in [1.54, 1.807) is 6.92 Å². The van der Waals surface area contributed by atoms with Gasteiger partial charge in [-0.25, -0.2) is 0 Å². The highest BCUT2D eigenvalue weighted by Crippen LogP contribution is 2.33. The first-order valence-corrected chi connectivity index (χ1v) is 7.06. The Bertz CT molecular complexity index is 261. The number of carbonyl (C=O) groups is 1. The maximum absolute atomic E-state index is 11.1. The van der Waals surface area contributed by atoms with Gasteiger partial charge in [0.05, 0.1) is 5.92 Å². The smallest absolute Gasteiger partial charge is 0.451 e. The van der Waals surface area contributed by atoms with Crippen LogP contribution < -0.4 is 0 Å². The highest BCUT2D eigenvalue weighted by Gasteiger charge is 2.34. The quantitative estimate of drug-likeness (QED) is 0.673. The molecule has 0 heterocycles. The van der Waals surface area contributed by atoms with E-state index in [0.717, 1.165) is 19.3 Å². The molecule has 0 aromatic carbocycles. The van der Waals surface area contributed by atoms with Crippen molar-refractivity contribution in [1.82, 2.24) is 4.90 Å². The molecule has 3 N–H and O–H groups in total. The van der Waals surface area contributed by atoms with E-state index in [0.29, 0.717) is 18.3 Å². The van der Waals surface area contributed by atoms with Crippen molar-refractivity contribution in [3.8, 4) is 0 Å². The molecule has 1 rings (SSSR count). The van der Waals surface area contributed by atoms with Gasteiger partial charge in [-0.15, -0.1) is 0 Å². The van der Waals surface area contributed by atoms with E-state index in [2.05, 4.69) is 11.8 Å². The SMILES string of the molecule is CC(C1CCCCC1C(=O)O)N(C)C.CCB(O)O. The number of hydrogen-bond acceptors (Lipinski definition) is 4. The Morgan fingerprint density at radius 2 is 1.79 bits per heavy atom. The lowest BCUT2D eigenvalue weighted by atomic mass is 9.75. The van der Waals surface area contributed by atoms with Crippen molar-refractivity contribution < 1.29 is 19.9 Å². The van der Waals surface area contributed by atoms with Crippen LogP contribution in [0.5, 0.6) is 0 Å². The Morgan fingerprint density at radius 1 is 1.32 bits per heavy atom. The van der Waals surface area contributed by atoms with Crippen molar-refractivity contribution in [3.63, 3.8) is 0 Å². The summed E-state index contributed by atoms with van der Waals surface area (Å²) in [6, 6.07) is 0.372. The standard InChI is InChI=1S/C11H21NO2.C2H7BO2/c1-8(12(2)3)9-6-4-5-7-10(9)11(13)14;1-2-3(4)5/h8-10H,4-7H2,1-3H3,(H,13,14);4-5H,2H2,1H3. The van der Waals surface area contributed by atoms with E-state index in [1.165, 1.54) is 6.42 Å². The topological polar surface area (TPSA) is 81.0 Å². The fraction of sp³-hybridized carbons (Fsp3) is 0.923. The van der Waals surface area contributed by atoms with Gasteiger partial charge in [0.2, 0.25) is 0 Å². The summed E-state index contributed by atoms with van der Waals surface area (Å²) in [5, 5.41) is 25.0. The molecule has 0 saturated heterocycles. The minimum atomic E-state index is -1.12. The van der Waals surface area contributed by atoms with Gasteiger partial charge in [0.15, 0.2) is 0 Å². The van der Waals surface area contributed by atoms with E-state index in [-0.39, 0.29) is 5.92 Å². The van der Waals surface area contributed by atoms with Gasteiger partial charge >= 0.3 is 13.1 Å². The summed E-state index contributed by atoms with van der Waals surface area (Å²) in [7, 11) is 2.94. The van der Waals surface area contributed by atoms with E-state index >= 15 is 0 Å². The van der Waals surface area contributed by atoms with Gasteiger partial charge in [-0.1, -0.05) is 19.8 Å². The third kappa shape index (κ3) is 6.94. The summed E-state index contributed by atoms with van der Waals surface area (Å²) >= 11 is 0. The molecule has 0 spiro atoms. The molecule has 1 aliphatic carbocycles. The zero-order chi connectivity index (χ0) is 15.0. The summed E-state index contributed by atoms with van der Waals surface area (Å²) < 4.78 is 0. The number of aliphatic carboxylic acids is 1. The Kier molecular flexibility index (Phi) is 9.05. The second kappa shape index (κ2) is 9.34. The van der Waals surface area contributed by atoms with Gasteiger partial charge in [-0.2, -0.15) is 0 Å². The number of rotatable bonds is 4. The maximum atomic E-state index is 11.1. The first-order valence-electron chi connectivity index (χ1n) is 7.06. The first kappa shape index (κ1) is 18.4. The van der Waals surface area contributed by atoms with Gasteiger partial charge in [0.1, 0.15) is 0 Å². The van der Waals surface area contributed by atoms with Crippen LogP contribution in [0.2, 0.25) is 6.32 Å².